The second-order valence-corrected chi connectivity index (χ2v) is 4.69. The summed E-state index contributed by atoms with van der Waals surface area (Å²) in [6.07, 6.45) is 3.66. The van der Waals surface area contributed by atoms with Crippen LogP contribution in [0.5, 0.6) is 5.88 Å². The number of para-hydroxylation sites is 1. The van der Waals surface area contributed by atoms with Crippen LogP contribution in [0.25, 0.3) is 10.9 Å². The van der Waals surface area contributed by atoms with Gasteiger partial charge in [-0.3, -0.25) is 9.78 Å². The van der Waals surface area contributed by atoms with E-state index in [2.05, 4.69) is 9.97 Å². The van der Waals surface area contributed by atoms with Crippen molar-refractivity contribution in [2.45, 2.75) is 6.42 Å². The highest BCUT2D eigenvalue weighted by Gasteiger charge is 2.11. The first-order valence-corrected chi connectivity index (χ1v) is 6.64. The number of nitrogens with zero attached hydrogens (tertiary/aromatic N) is 2. The molecule has 3 rings (SSSR count). The van der Waals surface area contributed by atoms with Crippen LogP contribution in [0.4, 0.5) is 0 Å². The quantitative estimate of drug-likeness (QED) is 0.688. The Morgan fingerprint density at radius 1 is 1.10 bits per heavy atom. The number of methoxy groups -OCH3 is 1. The van der Waals surface area contributed by atoms with E-state index >= 15 is 0 Å². The Morgan fingerprint density at radius 2 is 1.95 bits per heavy atom. The predicted molar refractivity (Wildman–Crippen MR) is 80.6 cm³/mol. The molecule has 3 aromatic rings. The van der Waals surface area contributed by atoms with Gasteiger partial charge in [-0.25, -0.2) is 4.98 Å². The van der Waals surface area contributed by atoms with Crippen LogP contribution in [-0.4, -0.2) is 22.9 Å². The number of rotatable bonds is 4. The van der Waals surface area contributed by atoms with E-state index in [0.29, 0.717) is 17.9 Å². The third-order valence-corrected chi connectivity index (χ3v) is 3.30. The fourth-order valence-corrected chi connectivity index (χ4v) is 2.25. The number of ether oxygens (including phenoxy) is 1. The average Bonchev–Trinajstić information content (AvgIpc) is 2.55. The number of Topliss-reactive ketones (excluding diaryl/α,β-unsaturated/α-hetero) is 1. The second kappa shape index (κ2) is 5.71. The van der Waals surface area contributed by atoms with Crippen LogP contribution in [0.15, 0.2) is 54.9 Å². The number of hydrogen-bond donors (Lipinski definition) is 0. The van der Waals surface area contributed by atoms with E-state index in [1.165, 1.54) is 0 Å². The third-order valence-electron chi connectivity index (χ3n) is 3.30. The van der Waals surface area contributed by atoms with E-state index in [1.807, 2.05) is 36.4 Å². The maximum Gasteiger partial charge on any atom is 0.212 e. The van der Waals surface area contributed by atoms with Gasteiger partial charge in [-0.1, -0.05) is 24.3 Å². The molecule has 0 spiro atoms. The Bertz CT molecular complexity index is 777. The lowest BCUT2D eigenvalue weighted by Crippen LogP contribution is -2.05. The van der Waals surface area contributed by atoms with Gasteiger partial charge in [0.2, 0.25) is 5.88 Å². The number of aromatic nitrogens is 2. The van der Waals surface area contributed by atoms with E-state index in [4.69, 9.17) is 4.74 Å². The van der Waals surface area contributed by atoms with E-state index in [9.17, 15) is 4.79 Å². The van der Waals surface area contributed by atoms with Gasteiger partial charge in [0.15, 0.2) is 5.78 Å². The summed E-state index contributed by atoms with van der Waals surface area (Å²) >= 11 is 0. The minimum Gasteiger partial charge on any atom is -0.481 e. The van der Waals surface area contributed by atoms with Gasteiger partial charge >= 0.3 is 0 Å². The number of carbonyl (C=O) groups excluding carboxylic acids is 1. The standard InChI is InChI=1S/C17H14N2O2/c1-21-16-8-7-12(11-19-16)10-15(20)14-6-2-4-13-5-3-9-18-17(13)14/h2-9,11H,10H2,1H3. The molecule has 0 saturated carbocycles. The molecular formula is C17H14N2O2. The zero-order valence-corrected chi connectivity index (χ0v) is 11.6. The molecule has 21 heavy (non-hydrogen) atoms. The summed E-state index contributed by atoms with van der Waals surface area (Å²) in [4.78, 5) is 20.9. The van der Waals surface area contributed by atoms with Crippen LogP contribution >= 0.6 is 0 Å². The fraction of sp³-hybridized carbons (Fsp3) is 0.118. The molecule has 0 unspecified atom stereocenters. The van der Waals surface area contributed by atoms with Gasteiger partial charge in [0.25, 0.3) is 0 Å². The summed E-state index contributed by atoms with van der Waals surface area (Å²) in [5.74, 6) is 0.573. The van der Waals surface area contributed by atoms with Crippen molar-refractivity contribution >= 4 is 16.7 Å². The SMILES string of the molecule is COc1ccc(CC(=O)c2cccc3cccnc23)cn1. The summed E-state index contributed by atoms with van der Waals surface area (Å²) in [7, 11) is 1.56. The van der Waals surface area contributed by atoms with Crippen LogP contribution in [0.2, 0.25) is 0 Å². The second-order valence-electron chi connectivity index (χ2n) is 4.69. The van der Waals surface area contributed by atoms with Gasteiger partial charge in [-0.2, -0.15) is 0 Å². The molecule has 0 radical (unpaired) electrons. The number of benzene rings is 1. The number of hydrogen-bond acceptors (Lipinski definition) is 4. The predicted octanol–water partition coefficient (Wildman–Crippen LogP) is 3.06. The Hall–Kier alpha value is -2.75. The van der Waals surface area contributed by atoms with Gasteiger partial charge in [-0.15, -0.1) is 0 Å². The maximum atomic E-state index is 12.5. The average molecular weight is 278 g/mol. The first-order chi connectivity index (χ1) is 10.3. The van der Waals surface area contributed by atoms with Crippen LogP contribution in [0.3, 0.4) is 0 Å². The molecule has 0 aliphatic carbocycles. The lowest BCUT2D eigenvalue weighted by atomic mass is 10.0. The largest absolute Gasteiger partial charge is 0.481 e. The molecule has 0 fully saturated rings. The van der Waals surface area contributed by atoms with Crippen molar-refractivity contribution in [3.8, 4) is 5.88 Å². The molecule has 0 aliphatic rings. The lowest BCUT2D eigenvalue weighted by Gasteiger charge is -2.05. The molecule has 2 aromatic heterocycles. The van der Waals surface area contributed by atoms with E-state index in [0.717, 1.165) is 16.5 Å². The van der Waals surface area contributed by atoms with E-state index in [-0.39, 0.29) is 5.78 Å². The van der Waals surface area contributed by atoms with Crippen LogP contribution in [-0.2, 0) is 6.42 Å². The summed E-state index contributed by atoms with van der Waals surface area (Å²) < 4.78 is 5.01. The molecular weight excluding hydrogens is 264 g/mol. The molecule has 0 bridgehead atoms. The van der Waals surface area contributed by atoms with Crippen molar-refractivity contribution in [1.29, 1.82) is 0 Å². The molecule has 1 aromatic carbocycles. The Balaban J connectivity index is 1.90. The molecule has 0 atom stereocenters. The molecule has 104 valence electrons. The van der Waals surface area contributed by atoms with Crippen molar-refractivity contribution in [2.24, 2.45) is 0 Å². The lowest BCUT2D eigenvalue weighted by molar-refractivity contribution is 0.0994. The fourth-order valence-electron chi connectivity index (χ4n) is 2.25. The highest BCUT2D eigenvalue weighted by Crippen LogP contribution is 2.18. The van der Waals surface area contributed by atoms with Gasteiger partial charge in [0.05, 0.1) is 12.6 Å². The van der Waals surface area contributed by atoms with Crippen molar-refractivity contribution in [1.82, 2.24) is 9.97 Å². The molecule has 4 heteroatoms. The van der Waals surface area contributed by atoms with Crippen molar-refractivity contribution in [2.75, 3.05) is 7.11 Å². The number of carbonyl (C=O) groups is 1. The highest BCUT2D eigenvalue weighted by molar-refractivity contribution is 6.07. The van der Waals surface area contributed by atoms with E-state index < -0.39 is 0 Å². The summed E-state index contributed by atoms with van der Waals surface area (Å²) in [5.41, 5.74) is 2.24. The van der Waals surface area contributed by atoms with E-state index in [1.54, 1.807) is 25.6 Å². The smallest absolute Gasteiger partial charge is 0.212 e. The van der Waals surface area contributed by atoms with Crippen LogP contribution in [0, 0.1) is 0 Å². The summed E-state index contributed by atoms with van der Waals surface area (Å²) in [6.45, 7) is 0. The monoisotopic (exact) mass is 278 g/mol. The third kappa shape index (κ3) is 2.74. The van der Waals surface area contributed by atoms with Crippen LogP contribution in [0.1, 0.15) is 15.9 Å². The van der Waals surface area contributed by atoms with Crippen LogP contribution < -0.4 is 4.74 Å². The van der Waals surface area contributed by atoms with Gasteiger partial charge in [-0.05, 0) is 17.7 Å². The Morgan fingerprint density at radius 3 is 2.71 bits per heavy atom. The minimum atomic E-state index is 0.0336. The van der Waals surface area contributed by atoms with Crippen molar-refractivity contribution in [3.05, 3.63) is 66.0 Å². The van der Waals surface area contributed by atoms with Gasteiger partial charge in [0, 0.05) is 35.8 Å². The molecule has 2 heterocycles. The zero-order valence-electron chi connectivity index (χ0n) is 11.6. The summed E-state index contributed by atoms with van der Waals surface area (Å²) in [5, 5.41) is 0.969. The maximum absolute atomic E-state index is 12.5. The van der Waals surface area contributed by atoms with Crippen molar-refractivity contribution < 1.29 is 9.53 Å². The Labute approximate surface area is 122 Å². The molecule has 4 nitrogen and oxygen atoms in total. The first kappa shape index (κ1) is 13.2. The first-order valence-electron chi connectivity index (χ1n) is 6.64. The topological polar surface area (TPSA) is 52.1 Å². The van der Waals surface area contributed by atoms with Gasteiger partial charge in [0.1, 0.15) is 0 Å². The van der Waals surface area contributed by atoms with Crippen molar-refractivity contribution in [3.63, 3.8) is 0 Å². The Kier molecular flexibility index (Phi) is 3.60. The van der Waals surface area contributed by atoms with Gasteiger partial charge < -0.3 is 4.74 Å². The highest BCUT2D eigenvalue weighted by atomic mass is 16.5. The number of ketones is 1. The summed E-state index contributed by atoms with van der Waals surface area (Å²) in [6, 6.07) is 13.1. The zero-order chi connectivity index (χ0) is 14.7. The minimum absolute atomic E-state index is 0.0336. The number of pyridine rings is 2. The number of fused-ring (bicyclic) bond motifs is 1. The molecule has 0 N–H and O–H groups in total. The molecule has 0 amide bonds. The molecule has 0 aliphatic heterocycles. The molecule has 0 saturated heterocycles. The normalized spacial score (nSPS) is 10.5.